The fraction of sp³-hybridized carbons (Fsp3) is 0.409. The Balaban J connectivity index is 1.43. The van der Waals surface area contributed by atoms with Gasteiger partial charge in [-0.05, 0) is 42.8 Å². The van der Waals surface area contributed by atoms with Gasteiger partial charge in [-0.3, -0.25) is 9.69 Å². The van der Waals surface area contributed by atoms with Gasteiger partial charge in [-0.25, -0.2) is 0 Å². The van der Waals surface area contributed by atoms with Crippen molar-refractivity contribution in [2.45, 2.75) is 18.6 Å². The highest BCUT2D eigenvalue weighted by atomic mass is 35.5. The molecule has 2 aromatic rings. The molecule has 2 aromatic carbocycles. The second-order valence-corrected chi connectivity index (χ2v) is 7.62. The Morgan fingerprint density at radius 3 is 2.80 bits per heavy atom. The predicted molar refractivity (Wildman–Crippen MR) is 115 cm³/mol. The average Bonchev–Trinajstić information content (AvgIpc) is 3.16. The van der Waals surface area contributed by atoms with E-state index in [9.17, 15) is 9.90 Å². The summed E-state index contributed by atoms with van der Waals surface area (Å²) in [6.45, 7) is 2.16. The van der Waals surface area contributed by atoms with Crippen molar-refractivity contribution in [1.82, 2.24) is 4.90 Å². The zero-order valence-electron chi connectivity index (χ0n) is 16.9. The summed E-state index contributed by atoms with van der Waals surface area (Å²) < 4.78 is 16.6. The van der Waals surface area contributed by atoms with Crippen LogP contribution in [0, 0.1) is 0 Å². The lowest BCUT2D eigenvalue weighted by atomic mass is 10.3. The molecule has 0 aliphatic carbocycles. The first-order chi connectivity index (χ1) is 14.5. The van der Waals surface area contributed by atoms with E-state index in [1.165, 1.54) is 7.11 Å². The summed E-state index contributed by atoms with van der Waals surface area (Å²) in [5.74, 6) is 1.03. The number of amides is 1. The average molecular weight is 435 g/mol. The highest BCUT2D eigenvalue weighted by Gasteiger charge is 2.25. The van der Waals surface area contributed by atoms with Crippen molar-refractivity contribution < 1.29 is 24.1 Å². The SMILES string of the molecule is COCC(=O)Nc1ccccc1OCC(O)CN1CCC(Oc2ccc(Cl)cc2)C1. The maximum Gasteiger partial charge on any atom is 0.250 e. The Bertz CT molecular complexity index is 817. The Labute approximate surface area is 181 Å². The van der Waals surface area contributed by atoms with E-state index in [2.05, 4.69) is 10.2 Å². The minimum absolute atomic E-state index is 0.0365. The molecule has 1 fully saturated rings. The van der Waals surface area contributed by atoms with E-state index in [-0.39, 0.29) is 25.2 Å². The summed E-state index contributed by atoms with van der Waals surface area (Å²) in [5, 5.41) is 13.8. The number of benzene rings is 2. The van der Waals surface area contributed by atoms with Crippen LogP contribution in [0.25, 0.3) is 0 Å². The van der Waals surface area contributed by atoms with Gasteiger partial charge < -0.3 is 24.6 Å². The number of para-hydroxylation sites is 2. The third kappa shape index (κ3) is 6.88. The number of aliphatic hydroxyl groups excluding tert-OH is 1. The molecule has 2 unspecified atom stereocenters. The van der Waals surface area contributed by atoms with Crippen LogP contribution in [0.1, 0.15) is 6.42 Å². The second-order valence-electron chi connectivity index (χ2n) is 7.18. The zero-order chi connectivity index (χ0) is 21.3. The molecule has 2 atom stereocenters. The fourth-order valence-corrected chi connectivity index (χ4v) is 3.44. The first-order valence-electron chi connectivity index (χ1n) is 9.86. The van der Waals surface area contributed by atoms with Gasteiger partial charge in [0, 0.05) is 31.8 Å². The molecule has 7 nitrogen and oxygen atoms in total. The molecule has 162 valence electrons. The molecule has 0 aromatic heterocycles. The molecule has 2 N–H and O–H groups in total. The molecular weight excluding hydrogens is 408 g/mol. The van der Waals surface area contributed by atoms with Gasteiger partial charge in [0.15, 0.2) is 0 Å². The van der Waals surface area contributed by atoms with E-state index in [1.54, 1.807) is 30.3 Å². The number of nitrogens with one attached hydrogen (secondary N) is 1. The largest absolute Gasteiger partial charge is 0.489 e. The molecule has 30 heavy (non-hydrogen) atoms. The van der Waals surface area contributed by atoms with E-state index in [0.29, 0.717) is 23.0 Å². The minimum atomic E-state index is -0.665. The van der Waals surface area contributed by atoms with E-state index >= 15 is 0 Å². The summed E-state index contributed by atoms with van der Waals surface area (Å²) in [6.07, 6.45) is 0.308. The van der Waals surface area contributed by atoms with Crippen molar-refractivity contribution in [2.75, 3.05) is 45.3 Å². The molecule has 8 heteroatoms. The highest BCUT2D eigenvalue weighted by molar-refractivity contribution is 6.30. The lowest BCUT2D eigenvalue weighted by Crippen LogP contribution is -2.35. The van der Waals surface area contributed by atoms with Gasteiger partial charge in [-0.1, -0.05) is 23.7 Å². The summed E-state index contributed by atoms with van der Waals surface area (Å²) in [4.78, 5) is 13.9. The monoisotopic (exact) mass is 434 g/mol. The minimum Gasteiger partial charge on any atom is -0.489 e. The van der Waals surface area contributed by atoms with E-state index < -0.39 is 6.10 Å². The number of likely N-dealkylation sites (tertiary alicyclic amines) is 1. The lowest BCUT2D eigenvalue weighted by molar-refractivity contribution is -0.119. The molecule has 1 aliphatic rings. The van der Waals surface area contributed by atoms with Crippen LogP contribution in [-0.2, 0) is 9.53 Å². The van der Waals surface area contributed by atoms with E-state index in [4.69, 9.17) is 25.8 Å². The number of methoxy groups -OCH3 is 1. The topological polar surface area (TPSA) is 80.3 Å². The van der Waals surface area contributed by atoms with Crippen LogP contribution < -0.4 is 14.8 Å². The number of nitrogens with zero attached hydrogens (tertiary/aromatic N) is 1. The number of ether oxygens (including phenoxy) is 3. The Morgan fingerprint density at radius 2 is 2.03 bits per heavy atom. The van der Waals surface area contributed by atoms with Crippen molar-refractivity contribution in [3.63, 3.8) is 0 Å². The molecule has 0 bridgehead atoms. The van der Waals surface area contributed by atoms with Crippen LogP contribution in [0.4, 0.5) is 5.69 Å². The molecule has 1 saturated heterocycles. The van der Waals surface area contributed by atoms with Crippen LogP contribution in [0.3, 0.4) is 0 Å². The van der Waals surface area contributed by atoms with Crippen molar-refractivity contribution >= 4 is 23.2 Å². The van der Waals surface area contributed by atoms with Gasteiger partial charge in [0.2, 0.25) is 5.91 Å². The third-order valence-corrected chi connectivity index (χ3v) is 4.93. The lowest BCUT2D eigenvalue weighted by Gasteiger charge is -2.21. The van der Waals surface area contributed by atoms with Crippen LogP contribution in [0.5, 0.6) is 11.5 Å². The van der Waals surface area contributed by atoms with Gasteiger partial charge in [0.1, 0.15) is 36.9 Å². The number of aliphatic hydroxyl groups is 1. The van der Waals surface area contributed by atoms with Crippen LogP contribution in [-0.4, -0.2) is 68.1 Å². The summed E-state index contributed by atoms with van der Waals surface area (Å²) in [7, 11) is 1.46. The van der Waals surface area contributed by atoms with E-state index in [0.717, 1.165) is 25.3 Å². The van der Waals surface area contributed by atoms with Crippen molar-refractivity contribution in [1.29, 1.82) is 0 Å². The van der Waals surface area contributed by atoms with Crippen molar-refractivity contribution in [3.05, 3.63) is 53.6 Å². The van der Waals surface area contributed by atoms with Gasteiger partial charge in [0.25, 0.3) is 0 Å². The molecule has 3 rings (SSSR count). The third-order valence-electron chi connectivity index (χ3n) is 4.68. The molecule has 0 saturated carbocycles. The number of hydrogen-bond donors (Lipinski definition) is 2. The molecule has 1 amide bonds. The standard InChI is InChI=1S/C22H27ClN2O5/c1-28-15-22(27)24-20-4-2-3-5-21(20)29-14-17(26)12-25-11-10-19(13-25)30-18-8-6-16(23)7-9-18/h2-9,17,19,26H,10-15H2,1H3,(H,24,27). The second kappa shape index (κ2) is 11.2. The van der Waals surface area contributed by atoms with Gasteiger partial charge in [-0.15, -0.1) is 0 Å². The summed E-state index contributed by atoms with van der Waals surface area (Å²) >= 11 is 5.90. The van der Waals surface area contributed by atoms with Crippen LogP contribution >= 0.6 is 11.6 Å². The van der Waals surface area contributed by atoms with Crippen molar-refractivity contribution in [3.8, 4) is 11.5 Å². The molecule has 0 spiro atoms. The number of rotatable bonds is 10. The smallest absolute Gasteiger partial charge is 0.250 e. The number of carbonyl (C=O) groups is 1. The van der Waals surface area contributed by atoms with Crippen LogP contribution in [0.2, 0.25) is 5.02 Å². The maximum absolute atomic E-state index is 11.7. The Kier molecular flexibility index (Phi) is 8.33. The number of hydrogen-bond acceptors (Lipinski definition) is 6. The molecule has 1 heterocycles. The molecule has 0 radical (unpaired) electrons. The van der Waals surface area contributed by atoms with Gasteiger partial charge in [0.05, 0.1) is 5.69 Å². The molecular formula is C22H27ClN2O5. The number of anilines is 1. The van der Waals surface area contributed by atoms with Gasteiger partial charge in [-0.2, -0.15) is 0 Å². The fourth-order valence-electron chi connectivity index (χ4n) is 3.31. The number of carbonyl (C=O) groups excluding carboxylic acids is 1. The first kappa shape index (κ1) is 22.4. The summed E-state index contributed by atoms with van der Waals surface area (Å²) in [5.41, 5.74) is 0.546. The van der Waals surface area contributed by atoms with Crippen molar-refractivity contribution in [2.24, 2.45) is 0 Å². The molecule has 1 aliphatic heterocycles. The zero-order valence-corrected chi connectivity index (χ0v) is 17.7. The van der Waals surface area contributed by atoms with Gasteiger partial charge >= 0.3 is 0 Å². The Morgan fingerprint density at radius 1 is 1.27 bits per heavy atom. The normalized spacial score (nSPS) is 17.5. The Hall–Kier alpha value is -2.32. The highest BCUT2D eigenvalue weighted by Crippen LogP contribution is 2.24. The van der Waals surface area contributed by atoms with Crippen LogP contribution in [0.15, 0.2) is 48.5 Å². The quantitative estimate of drug-likeness (QED) is 0.598. The first-order valence-corrected chi connectivity index (χ1v) is 10.2. The van der Waals surface area contributed by atoms with E-state index in [1.807, 2.05) is 18.2 Å². The number of halogens is 1. The number of β-amino-alcohol motifs (C(OH)–C–C–N with tert-alkyl or cyclic N) is 1. The predicted octanol–water partition coefficient (Wildman–Crippen LogP) is 2.82. The maximum atomic E-state index is 11.7. The summed E-state index contributed by atoms with van der Waals surface area (Å²) in [6, 6.07) is 14.4.